The van der Waals surface area contributed by atoms with E-state index in [0.717, 1.165) is 22.9 Å². The van der Waals surface area contributed by atoms with Crippen molar-refractivity contribution in [2.24, 2.45) is 0 Å². The molecule has 0 aliphatic rings. The van der Waals surface area contributed by atoms with Gasteiger partial charge in [0.05, 0.1) is 18.7 Å². The Labute approximate surface area is 167 Å². The molecule has 0 heterocycles. The number of ether oxygens (including phenoxy) is 2. The van der Waals surface area contributed by atoms with Crippen molar-refractivity contribution in [2.75, 3.05) is 19.8 Å². The molecular formula is C23H19F2NO3. The van der Waals surface area contributed by atoms with E-state index in [1.807, 2.05) is 37.3 Å². The second-order valence-corrected chi connectivity index (χ2v) is 5.99. The van der Waals surface area contributed by atoms with Crippen LogP contribution in [0.25, 0.3) is 10.8 Å². The topological polar surface area (TPSA) is 47.6 Å². The van der Waals surface area contributed by atoms with Crippen LogP contribution in [0.5, 0.6) is 11.5 Å². The van der Waals surface area contributed by atoms with Crippen molar-refractivity contribution in [3.8, 4) is 23.3 Å². The lowest BCUT2D eigenvalue weighted by atomic mass is 10.0. The fourth-order valence-electron chi connectivity index (χ4n) is 2.79. The molecule has 0 fully saturated rings. The number of benzene rings is 3. The number of carbonyl (C=O) groups excluding carboxylic acids is 1. The van der Waals surface area contributed by atoms with Crippen LogP contribution < -0.4 is 14.8 Å². The fraction of sp³-hybridized carbons (Fsp3) is 0.174. The summed E-state index contributed by atoms with van der Waals surface area (Å²) in [6.07, 6.45) is 0. The number of hydrogen-bond donors (Lipinski definition) is 1. The molecule has 0 unspecified atom stereocenters. The van der Waals surface area contributed by atoms with E-state index in [9.17, 15) is 13.6 Å². The molecule has 148 valence electrons. The molecule has 1 N–H and O–H groups in total. The molecule has 0 radical (unpaired) electrons. The number of rotatable bonds is 6. The highest BCUT2D eigenvalue weighted by Gasteiger charge is 2.15. The zero-order valence-corrected chi connectivity index (χ0v) is 15.8. The number of amides is 1. The fourth-order valence-corrected chi connectivity index (χ4v) is 2.79. The second-order valence-electron chi connectivity index (χ2n) is 5.99. The van der Waals surface area contributed by atoms with Gasteiger partial charge in [-0.25, -0.2) is 8.78 Å². The molecule has 0 bridgehead atoms. The van der Waals surface area contributed by atoms with Crippen LogP contribution in [0.4, 0.5) is 8.78 Å². The first-order valence-corrected chi connectivity index (χ1v) is 9.06. The van der Waals surface area contributed by atoms with Crippen LogP contribution in [0, 0.1) is 23.5 Å². The highest BCUT2D eigenvalue weighted by Crippen LogP contribution is 2.28. The molecule has 0 aromatic heterocycles. The number of carbonyl (C=O) groups is 1. The number of nitrogens with one attached hydrogen (secondary N) is 1. The van der Waals surface area contributed by atoms with Crippen molar-refractivity contribution in [1.29, 1.82) is 0 Å². The number of fused-ring (bicyclic) bond motifs is 1. The standard InChI is InChI=1S/C23H19F2NO3/c1-2-28-21-11-9-16-7-3-4-8-18(16)22(21)23(27)26-13-5-6-14-29-20-12-10-17(24)15-19(20)25/h3-4,7-12,15H,2,13-14H2,1H3,(H,26,27). The van der Waals surface area contributed by atoms with Gasteiger partial charge in [0, 0.05) is 6.07 Å². The Balaban J connectivity index is 1.63. The normalized spacial score (nSPS) is 10.2. The average Bonchev–Trinajstić information content (AvgIpc) is 2.71. The van der Waals surface area contributed by atoms with Crippen LogP contribution >= 0.6 is 0 Å². The Morgan fingerprint density at radius 2 is 1.79 bits per heavy atom. The quantitative estimate of drug-likeness (QED) is 0.632. The van der Waals surface area contributed by atoms with Gasteiger partial charge in [-0.2, -0.15) is 0 Å². The van der Waals surface area contributed by atoms with E-state index in [4.69, 9.17) is 9.47 Å². The molecule has 0 saturated heterocycles. The summed E-state index contributed by atoms with van der Waals surface area (Å²) in [5.41, 5.74) is 0.455. The third-order valence-electron chi connectivity index (χ3n) is 4.07. The molecule has 0 atom stereocenters. The third kappa shape index (κ3) is 5.02. The molecule has 3 aromatic rings. The maximum Gasteiger partial charge on any atom is 0.256 e. The van der Waals surface area contributed by atoms with Crippen molar-refractivity contribution < 1.29 is 23.0 Å². The molecule has 4 nitrogen and oxygen atoms in total. The smallest absolute Gasteiger partial charge is 0.256 e. The zero-order valence-electron chi connectivity index (χ0n) is 15.8. The molecule has 29 heavy (non-hydrogen) atoms. The van der Waals surface area contributed by atoms with Crippen LogP contribution in [0.3, 0.4) is 0 Å². The maximum absolute atomic E-state index is 13.5. The molecule has 0 aliphatic heterocycles. The van der Waals surface area contributed by atoms with Crippen molar-refractivity contribution in [2.45, 2.75) is 6.92 Å². The van der Waals surface area contributed by atoms with E-state index in [2.05, 4.69) is 17.2 Å². The van der Waals surface area contributed by atoms with Gasteiger partial charge in [-0.15, -0.1) is 0 Å². The minimum absolute atomic E-state index is 0.0816. The van der Waals surface area contributed by atoms with Gasteiger partial charge in [0.15, 0.2) is 11.6 Å². The summed E-state index contributed by atoms with van der Waals surface area (Å²) in [5, 5.41) is 4.46. The van der Waals surface area contributed by atoms with Gasteiger partial charge in [0.25, 0.3) is 5.91 Å². The summed E-state index contributed by atoms with van der Waals surface area (Å²) in [7, 11) is 0. The van der Waals surface area contributed by atoms with E-state index < -0.39 is 11.6 Å². The second kappa shape index (κ2) is 9.56. The third-order valence-corrected chi connectivity index (χ3v) is 4.07. The highest BCUT2D eigenvalue weighted by atomic mass is 19.1. The molecule has 0 saturated carbocycles. The minimum Gasteiger partial charge on any atom is -0.493 e. The molecular weight excluding hydrogens is 376 g/mol. The predicted molar refractivity (Wildman–Crippen MR) is 107 cm³/mol. The summed E-state index contributed by atoms with van der Waals surface area (Å²) in [4.78, 5) is 12.7. The Morgan fingerprint density at radius 3 is 2.59 bits per heavy atom. The zero-order chi connectivity index (χ0) is 20.6. The van der Waals surface area contributed by atoms with E-state index in [0.29, 0.717) is 17.9 Å². The Bertz CT molecular complexity index is 1090. The van der Waals surface area contributed by atoms with Crippen LogP contribution in [-0.4, -0.2) is 25.7 Å². The predicted octanol–water partition coefficient (Wildman–Crippen LogP) is 4.33. The molecule has 1 amide bonds. The van der Waals surface area contributed by atoms with Gasteiger partial charge in [0.2, 0.25) is 0 Å². The van der Waals surface area contributed by atoms with E-state index in [-0.39, 0.29) is 24.8 Å². The molecule has 0 aliphatic carbocycles. The lowest BCUT2D eigenvalue weighted by Gasteiger charge is -2.12. The van der Waals surface area contributed by atoms with Crippen LogP contribution in [0.15, 0.2) is 54.6 Å². The molecule has 3 rings (SSSR count). The summed E-state index contributed by atoms with van der Waals surface area (Å²) in [5.74, 6) is 4.08. The van der Waals surface area contributed by atoms with Crippen LogP contribution in [0.2, 0.25) is 0 Å². The molecule has 6 heteroatoms. The van der Waals surface area contributed by atoms with Crippen molar-refractivity contribution >= 4 is 16.7 Å². The average molecular weight is 395 g/mol. The largest absolute Gasteiger partial charge is 0.493 e. The SMILES string of the molecule is CCOc1ccc2ccccc2c1C(=O)NCC#CCOc1ccc(F)cc1F. The van der Waals surface area contributed by atoms with Gasteiger partial charge < -0.3 is 14.8 Å². The highest BCUT2D eigenvalue weighted by molar-refractivity contribution is 6.09. The number of halogens is 2. The van der Waals surface area contributed by atoms with Crippen molar-refractivity contribution in [3.05, 3.63) is 71.8 Å². The lowest BCUT2D eigenvalue weighted by Crippen LogP contribution is -2.24. The summed E-state index contributed by atoms with van der Waals surface area (Å²) in [6, 6.07) is 14.3. The summed E-state index contributed by atoms with van der Waals surface area (Å²) >= 11 is 0. The first kappa shape index (κ1) is 20.2. The van der Waals surface area contributed by atoms with Crippen molar-refractivity contribution in [1.82, 2.24) is 5.32 Å². The summed E-state index contributed by atoms with van der Waals surface area (Å²) < 4.78 is 37.1. The van der Waals surface area contributed by atoms with Crippen LogP contribution in [0.1, 0.15) is 17.3 Å². The van der Waals surface area contributed by atoms with Crippen LogP contribution in [-0.2, 0) is 0 Å². The van der Waals surface area contributed by atoms with Gasteiger partial charge in [-0.1, -0.05) is 42.2 Å². The summed E-state index contributed by atoms with van der Waals surface area (Å²) in [6.45, 7) is 2.29. The molecule has 0 spiro atoms. The lowest BCUT2D eigenvalue weighted by molar-refractivity contribution is 0.0956. The van der Waals surface area contributed by atoms with E-state index >= 15 is 0 Å². The molecule has 3 aromatic carbocycles. The first-order chi connectivity index (χ1) is 14.1. The monoisotopic (exact) mass is 395 g/mol. The van der Waals surface area contributed by atoms with E-state index in [1.165, 1.54) is 6.07 Å². The first-order valence-electron chi connectivity index (χ1n) is 9.06. The van der Waals surface area contributed by atoms with E-state index in [1.54, 1.807) is 6.07 Å². The minimum atomic E-state index is -0.792. The van der Waals surface area contributed by atoms with Crippen molar-refractivity contribution in [3.63, 3.8) is 0 Å². The Kier molecular flexibility index (Phi) is 6.64. The maximum atomic E-state index is 13.5. The van der Waals surface area contributed by atoms with Gasteiger partial charge in [0.1, 0.15) is 18.2 Å². The Morgan fingerprint density at radius 1 is 1.00 bits per heavy atom. The van der Waals surface area contributed by atoms with Gasteiger partial charge in [-0.3, -0.25) is 4.79 Å². The van der Waals surface area contributed by atoms with Gasteiger partial charge in [-0.05, 0) is 35.9 Å². The van der Waals surface area contributed by atoms with Gasteiger partial charge >= 0.3 is 0 Å². The Hall–Kier alpha value is -3.59. The number of hydrogen-bond acceptors (Lipinski definition) is 3.